The van der Waals surface area contributed by atoms with Crippen molar-refractivity contribution in [3.8, 4) is 0 Å². The second-order valence-electron chi connectivity index (χ2n) is 9.95. The first kappa shape index (κ1) is 25.9. The number of amidine groups is 1. The lowest BCUT2D eigenvalue weighted by Gasteiger charge is -2.34. The molecule has 188 valence electrons. The van der Waals surface area contributed by atoms with Gasteiger partial charge in [-0.05, 0) is 72.7 Å². The van der Waals surface area contributed by atoms with Gasteiger partial charge < -0.3 is 5.32 Å². The fraction of sp³-hybridized carbons (Fsp3) is 0.481. The molecule has 1 fully saturated rings. The van der Waals surface area contributed by atoms with Crippen LogP contribution in [0.25, 0.3) is 0 Å². The van der Waals surface area contributed by atoms with Gasteiger partial charge in [-0.3, -0.25) is 14.9 Å². The number of fused-ring (bicyclic) bond motifs is 1. The molecule has 3 N–H and O–H groups in total. The zero-order valence-electron chi connectivity index (χ0n) is 20.6. The highest BCUT2D eigenvalue weighted by atomic mass is 35.5. The average molecular weight is 515 g/mol. The number of aromatic nitrogens is 1. The largest absolute Gasteiger partial charge is 0.336 e. The summed E-state index contributed by atoms with van der Waals surface area (Å²) in [5, 5.41) is 9.49. The van der Waals surface area contributed by atoms with E-state index < -0.39 is 9.71 Å². The molecule has 0 bridgehead atoms. The quantitative estimate of drug-likeness (QED) is 0.391. The summed E-state index contributed by atoms with van der Waals surface area (Å²) in [6.45, 7) is 4.63. The molecule has 1 saturated carbocycles. The van der Waals surface area contributed by atoms with E-state index in [9.17, 15) is 9.00 Å². The van der Waals surface area contributed by atoms with E-state index >= 15 is 0 Å². The summed E-state index contributed by atoms with van der Waals surface area (Å²) in [5.41, 5.74) is 3.52. The number of pyridine rings is 1. The topological polar surface area (TPSA) is 97.4 Å². The molecule has 3 atom stereocenters. The molecule has 1 aromatic carbocycles. The first-order valence-corrected chi connectivity index (χ1v) is 14.6. The molecule has 1 aliphatic heterocycles. The fourth-order valence-corrected chi connectivity index (χ4v) is 5.81. The molecule has 3 unspecified atom stereocenters. The summed E-state index contributed by atoms with van der Waals surface area (Å²) in [7, 11) is -2.76. The van der Waals surface area contributed by atoms with Crippen LogP contribution in [-0.2, 0) is 33.9 Å². The van der Waals surface area contributed by atoms with E-state index in [2.05, 4.69) is 23.1 Å². The van der Waals surface area contributed by atoms with Crippen molar-refractivity contribution in [3.63, 3.8) is 0 Å². The van der Waals surface area contributed by atoms with Crippen molar-refractivity contribution in [2.45, 2.75) is 70.2 Å². The average Bonchev–Trinajstić information content (AvgIpc) is 2.77. The van der Waals surface area contributed by atoms with Crippen molar-refractivity contribution < 1.29 is 9.00 Å². The van der Waals surface area contributed by atoms with Gasteiger partial charge in [-0.25, -0.2) is 9.19 Å². The van der Waals surface area contributed by atoms with E-state index in [4.69, 9.17) is 21.7 Å². The van der Waals surface area contributed by atoms with Crippen molar-refractivity contribution in [3.05, 3.63) is 52.3 Å². The number of carbonyl (C=O) groups is 1. The Morgan fingerprint density at radius 1 is 1.29 bits per heavy atom. The molecule has 4 rings (SSSR count). The van der Waals surface area contributed by atoms with Crippen LogP contribution in [0.3, 0.4) is 0 Å². The van der Waals surface area contributed by atoms with Crippen molar-refractivity contribution in [1.29, 1.82) is 0 Å². The molecule has 0 spiro atoms. The zero-order valence-corrected chi connectivity index (χ0v) is 22.1. The molecule has 1 aliphatic carbocycles. The van der Waals surface area contributed by atoms with Crippen molar-refractivity contribution in [2.24, 2.45) is 27.9 Å². The summed E-state index contributed by atoms with van der Waals surface area (Å²) in [4.78, 5) is 23.6. The maximum atomic E-state index is 13.7. The Morgan fingerprint density at radius 3 is 2.60 bits per heavy atom. The third-order valence-electron chi connectivity index (χ3n) is 7.45. The predicted octanol–water partition coefficient (Wildman–Crippen LogP) is 5.21. The number of hydrogen-bond donors (Lipinski definition) is 2. The number of aryl methyl sites for hydroxylation is 2. The van der Waals surface area contributed by atoms with Crippen LogP contribution in [0, 0.1) is 17.8 Å². The number of rotatable bonds is 7. The lowest BCUT2D eigenvalue weighted by Crippen LogP contribution is -2.35. The van der Waals surface area contributed by atoms with Gasteiger partial charge in [0.2, 0.25) is 5.78 Å². The molecule has 1 aromatic heterocycles. The van der Waals surface area contributed by atoms with Gasteiger partial charge in [-0.2, -0.15) is 0 Å². The molecule has 8 heteroatoms. The van der Waals surface area contributed by atoms with Crippen LogP contribution in [0.4, 0.5) is 5.69 Å². The Morgan fingerprint density at radius 2 is 2.00 bits per heavy atom. The van der Waals surface area contributed by atoms with Crippen LogP contribution in [0.1, 0.15) is 62.8 Å². The van der Waals surface area contributed by atoms with Crippen LogP contribution in [0.2, 0.25) is 5.15 Å². The van der Waals surface area contributed by atoms with E-state index in [1.54, 1.807) is 12.1 Å². The first-order chi connectivity index (χ1) is 16.7. The molecule has 2 aliphatic rings. The van der Waals surface area contributed by atoms with Gasteiger partial charge in [0, 0.05) is 10.8 Å². The van der Waals surface area contributed by atoms with Crippen LogP contribution >= 0.6 is 11.6 Å². The summed E-state index contributed by atoms with van der Waals surface area (Å²) in [5.74, 6) is 5.08. The van der Waals surface area contributed by atoms with Gasteiger partial charge in [0.15, 0.2) is 5.84 Å². The minimum absolute atomic E-state index is 0.0641. The third kappa shape index (κ3) is 6.13. The van der Waals surface area contributed by atoms with Crippen molar-refractivity contribution in [1.82, 2.24) is 4.98 Å². The molecule has 6 nitrogen and oxygen atoms in total. The summed E-state index contributed by atoms with van der Waals surface area (Å²) < 4.78 is 12.0. The second-order valence-corrected chi connectivity index (χ2v) is 12.2. The van der Waals surface area contributed by atoms with E-state index in [1.807, 2.05) is 25.1 Å². The highest BCUT2D eigenvalue weighted by Gasteiger charge is 2.32. The summed E-state index contributed by atoms with van der Waals surface area (Å²) >= 11 is 6.43. The molecule has 35 heavy (non-hydrogen) atoms. The predicted molar refractivity (Wildman–Crippen MR) is 145 cm³/mol. The Hall–Kier alpha value is -2.22. The van der Waals surface area contributed by atoms with Gasteiger partial charge in [-0.1, -0.05) is 56.8 Å². The standard InChI is InChI=1S/C27H35ClN4O2S/c1-4-19-15-24-23(31-26(19)28)13-10-21(14-17(2)20-6-5-7-20)25(33)27(32-24)30-16-18-8-11-22(12-9-18)35(3,29)34/h8-9,11-12,15,17,20-21H,3-7,10,13-14,16H2,1-2H3,(H2,29,34)(H,30,32). The Kier molecular flexibility index (Phi) is 7.99. The highest BCUT2D eigenvalue weighted by molar-refractivity contribution is 7.98. The van der Waals surface area contributed by atoms with Gasteiger partial charge in [0.25, 0.3) is 0 Å². The highest BCUT2D eigenvalue weighted by Crippen LogP contribution is 2.38. The lowest BCUT2D eigenvalue weighted by molar-refractivity contribution is -0.117. The normalized spacial score (nSPS) is 22.3. The van der Waals surface area contributed by atoms with E-state index in [1.165, 1.54) is 19.3 Å². The second kappa shape index (κ2) is 10.8. The van der Waals surface area contributed by atoms with Gasteiger partial charge in [0.05, 0.1) is 27.6 Å². The number of aliphatic imine (C=N–C) groups is 1. The first-order valence-electron chi connectivity index (χ1n) is 12.4. The maximum absolute atomic E-state index is 13.7. The number of carbonyl (C=O) groups excluding carboxylic acids is 1. The van der Waals surface area contributed by atoms with Gasteiger partial charge in [0.1, 0.15) is 5.15 Å². The number of anilines is 1. The molecule has 0 saturated heterocycles. The van der Waals surface area contributed by atoms with E-state index in [0.717, 1.165) is 47.7 Å². The summed E-state index contributed by atoms with van der Waals surface area (Å²) in [6, 6.07) is 9.05. The third-order valence-corrected chi connectivity index (χ3v) is 8.85. The smallest absolute Gasteiger partial charge is 0.200 e. The maximum Gasteiger partial charge on any atom is 0.200 e. The van der Waals surface area contributed by atoms with E-state index in [0.29, 0.717) is 34.8 Å². The van der Waals surface area contributed by atoms with Crippen molar-refractivity contribution in [2.75, 3.05) is 5.32 Å². The number of nitrogens with zero attached hydrogens (tertiary/aromatic N) is 2. The molecule has 2 aromatic rings. The van der Waals surface area contributed by atoms with E-state index in [-0.39, 0.29) is 11.7 Å². The summed E-state index contributed by atoms with van der Waals surface area (Å²) in [6.07, 6.45) is 6.89. The van der Waals surface area contributed by atoms with Crippen LogP contribution in [-0.4, -0.2) is 26.7 Å². The molecular formula is C27H35ClN4O2S. The SMILES string of the molecule is C=S(N)(=O)c1ccc(CN=C2Nc3cc(CC)c(Cl)nc3CCC(CC(C)C3CCC3)C2=O)cc1. The Labute approximate surface area is 213 Å². The Balaban J connectivity index is 1.63. The van der Waals surface area contributed by atoms with Crippen molar-refractivity contribution >= 4 is 44.5 Å². The fourth-order valence-electron chi connectivity index (χ4n) is 4.93. The van der Waals surface area contributed by atoms with Gasteiger partial charge >= 0.3 is 0 Å². The number of nitrogens with two attached hydrogens (primary N) is 1. The number of nitrogens with one attached hydrogen (secondary N) is 1. The Bertz CT molecular complexity index is 1220. The van der Waals surface area contributed by atoms with Crippen LogP contribution in [0.5, 0.6) is 0 Å². The number of halogens is 1. The molecule has 0 amide bonds. The zero-order chi connectivity index (χ0) is 25.2. The minimum atomic E-state index is -2.76. The number of benzene rings is 1. The number of Topliss-reactive ketones (excluding diaryl/α,β-unsaturated/α-hetero) is 1. The monoisotopic (exact) mass is 514 g/mol. The van der Waals surface area contributed by atoms with Crippen LogP contribution < -0.4 is 10.5 Å². The minimum Gasteiger partial charge on any atom is -0.336 e. The number of ketones is 1. The van der Waals surface area contributed by atoms with Crippen LogP contribution in [0.15, 0.2) is 40.2 Å². The molecule has 0 radical (unpaired) electrons. The number of hydrogen-bond acceptors (Lipinski definition) is 4. The van der Waals surface area contributed by atoms with Gasteiger partial charge in [-0.15, -0.1) is 0 Å². The lowest BCUT2D eigenvalue weighted by atomic mass is 9.72. The molecular weight excluding hydrogens is 480 g/mol. The molecule has 2 heterocycles.